The van der Waals surface area contributed by atoms with Crippen molar-refractivity contribution in [3.05, 3.63) is 77.5 Å². The Kier molecular flexibility index (Phi) is 8.23. The number of aryl methyl sites for hydroxylation is 1. The molecule has 0 aliphatic carbocycles. The summed E-state index contributed by atoms with van der Waals surface area (Å²) < 4.78 is 61.7. The highest BCUT2D eigenvalue weighted by molar-refractivity contribution is 5.96. The van der Waals surface area contributed by atoms with Crippen molar-refractivity contribution in [3.8, 4) is 11.3 Å². The lowest BCUT2D eigenvalue weighted by atomic mass is 10.0. The van der Waals surface area contributed by atoms with Crippen LogP contribution in [0.5, 0.6) is 0 Å². The van der Waals surface area contributed by atoms with Crippen molar-refractivity contribution in [3.63, 3.8) is 0 Å². The van der Waals surface area contributed by atoms with Gasteiger partial charge >= 0.3 is 6.18 Å². The first kappa shape index (κ1) is 27.0. The van der Waals surface area contributed by atoms with Crippen molar-refractivity contribution in [1.82, 2.24) is 19.7 Å². The summed E-state index contributed by atoms with van der Waals surface area (Å²) in [5, 5.41) is 5.93. The van der Waals surface area contributed by atoms with E-state index >= 15 is 0 Å². The number of carbonyl (C=O) groups excluding carboxylic acids is 1. The molecule has 2 heterocycles. The van der Waals surface area contributed by atoms with Crippen LogP contribution in [0.1, 0.15) is 28.4 Å². The lowest BCUT2D eigenvalue weighted by molar-refractivity contribution is -0.139. The minimum atomic E-state index is -4.89. The predicted molar refractivity (Wildman–Crippen MR) is 135 cm³/mol. The quantitative estimate of drug-likeness (QED) is 0.205. The highest BCUT2D eigenvalue weighted by Gasteiger charge is 2.37. The fourth-order valence-electron chi connectivity index (χ4n) is 4.07. The van der Waals surface area contributed by atoms with Crippen LogP contribution in [0.15, 0.2) is 55.0 Å². The number of amides is 1. The second kappa shape index (κ2) is 11.6. The van der Waals surface area contributed by atoms with E-state index in [2.05, 4.69) is 20.6 Å². The molecular weight excluding hydrogens is 504 g/mol. The van der Waals surface area contributed by atoms with Crippen molar-refractivity contribution < 1.29 is 27.1 Å². The highest BCUT2D eigenvalue weighted by Crippen LogP contribution is 2.39. The van der Waals surface area contributed by atoms with Gasteiger partial charge in [0.05, 0.1) is 25.1 Å². The summed E-state index contributed by atoms with van der Waals surface area (Å²) in [6, 6.07) is 8.36. The number of benzene rings is 2. The largest absolute Gasteiger partial charge is 0.419 e. The van der Waals surface area contributed by atoms with Crippen molar-refractivity contribution in [1.29, 1.82) is 0 Å². The van der Waals surface area contributed by atoms with Gasteiger partial charge in [0.1, 0.15) is 11.4 Å². The number of carbonyl (C=O) groups is 1. The van der Waals surface area contributed by atoms with Gasteiger partial charge in [-0.15, -0.1) is 0 Å². The second-order valence-corrected chi connectivity index (χ2v) is 8.28. The second-order valence-electron chi connectivity index (χ2n) is 8.28. The molecule has 0 unspecified atom stereocenters. The van der Waals surface area contributed by atoms with Gasteiger partial charge in [0, 0.05) is 42.3 Å². The first-order valence-electron chi connectivity index (χ1n) is 11.9. The van der Waals surface area contributed by atoms with E-state index in [0.29, 0.717) is 44.0 Å². The first-order valence-corrected chi connectivity index (χ1v) is 11.9. The molecule has 2 aromatic heterocycles. The first-order chi connectivity index (χ1) is 18.2. The number of hydrogen-bond donors (Lipinski definition) is 3. The zero-order valence-corrected chi connectivity index (χ0v) is 20.5. The molecule has 12 heteroatoms. The number of nitrogens with zero attached hydrogens (tertiary/aromatic N) is 3. The van der Waals surface area contributed by atoms with Gasteiger partial charge in [0.25, 0.3) is 5.91 Å². The third kappa shape index (κ3) is 5.76. The lowest BCUT2D eigenvalue weighted by Gasteiger charge is -2.14. The Morgan fingerprint density at radius 1 is 1.16 bits per heavy atom. The Morgan fingerprint density at radius 3 is 2.71 bits per heavy atom. The fourth-order valence-corrected chi connectivity index (χ4v) is 4.07. The number of fused-ring (bicyclic) bond motifs is 1. The van der Waals surface area contributed by atoms with Crippen molar-refractivity contribution >= 4 is 23.1 Å². The van der Waals surface area contributed by atoms with E-state index in [4.69, 9.17) is 10.5 Å². The molecular formula is C26H26F4N6O2. The maximum Gasteiger partial charge on any atom is 0.419 e. The average molecular weight is 531 g/mol. The molecule has 0 saturated heterocycles. The lowest BCUT2D eigenvalue weighted by Crippen LogP contribution is -2.28. The smallest absolute Gasteiger partial charge is 0.378 e. The zero-order chi connectivity index (χ0) is 27.3. The van der Waals surface area contributed by atoms with Crippen LogP contribution in [0.2, 0.25) is 0 Å². The third-order valence-electron chi connectivity index (χ3n) is 5.79. The molecule has 0 radical (unpaired) electrons. The molecule has 1 amide bonds. The van der Waals surface area contributed by atoms with Crippen LogP contribution in [0.25, 0.3) is 16.9 Å². The molecule has 0 fully saturated rings. The molecule has 38 heavy (non-hydrogen) atoms. The monoisotopic (exact) mass is 530 g/mol. The van der Waals surface area contributed by atoms with Crippen LogP contribution in [0, 0.1) is 5.82 Å². The van der Waals surface area contributed by atoms with Gasteiger partial charge in [-0.1, -0.05) is 19.1 Å². The molecule has 2 aromatic carbocycles. The van der Waals surface area contributed by atoms with E-state index in [1.165, 1.54) is 35.1 Å². The molecule has 0 aliphatic rings. The van der Waals surface area contributed by atoms with Crippen molar-refractivity contribution in [2.45, 2.75) is 19.5 Å². The molecule has 0 saturated carbocycles. The summed E-state index contributed by atoms with van der Waals surface area (Å²) in [6.07, 6.45) is -0.208. The number of aromatic nitrogens is 3. The van der Waals surface area contributed by atoms with Gasteiger partial charge in [-0.25, -0.2) is 14.4 Å². The summed E-state index contributed by atoms with van der Waals surface area (Å²) in [6.45, 7) is 3.44. The van der Waals surface area contributed by atoms with E-state index in [-0.39, 0.29) is 28.6 Å². The SMILES string of the molecule is CCc1cc(Nc2nccn3c(-c4cccc(F)c4C(F)(F)F)cnc23)ccc1C(=O)NCCOCCN. The van der Waals surface area contributed by atoms with Crippen LogP contribution in [0.4, 0.5) is 29.1 Å². The predicted octanol–water partition coefficient (Wildman–Crippen LogP) is 4.57. The molecule has 0 spiro atoms. The van der Waals surface area contributed by atoms with Crippen molar-refractivity contribution in [2.75, 3.05) is 31.6 Å². The summed E-state index contributed by atoms with van der Waals surface area (Å²) in [4.78, 5) is 21.2. The maximum absolute atomic E-state index is 14.2. The molecule has 0 bridgehead atoms. The number of nitrogens with one attached hydrogen (secondary N) is 2. The topological polar surface area (TPSA) is 107 Å². The number of alkyl halides is 3. The molecule has 4 rings (SSSR count). The molecule has 0 aliphatic heterocycles. The number of nitrogens with two attached hydrogens (primary N) is 1. The Labute approximate surface area is 215 Å². The van der Waals surface area contributed by atoms with Gasteiger partial charge in [-0.2, -0.15) is 13.2 Å². The van der Waals surface area contributed by atoms with Gasteiger partial charge in [0.2, 0.25) is 0 Å². The average Bonchev–Trinajstić information content (AvgIpc) is 3.32. The molecule has 8 nitrogen and oxygen atoms in total. The Morgan fingerprint density at radius 2 is 1.97 bits per heavy atom. The molecule has 0 atom stereocenters. The molecule has 200 valence electrons. The zero-order valence-electron chi connectivity index (χ0n) is 20.5. The highest BCUT2D eigenvalue weighted by atomic mass is 19.4. The minimum absolute atomic E-state index is 0.0639. The van der Waals surface area contributed by atoms with Crippen molar-refractivity contribution in [2.24, 2.45) is 5.73 Å². The Bertz CT molecular complexity index is 1440. The van der Waals surface area contributed by atoms with E-state index in [1.54, 1.807) is 18.2 Å². The van der Waals surface area contributed by atoms with E-state index < -0.39 is 17.6 Å². The van der Waals surface area contributed by atoms with Gasteiger partial charge in [0.15, 0.2) is 11.5 Å². The number of imidazole rings is 1. The minimum Gasteiger partial charge on any atom is -0.378 e. The molecule has 4 N–H and O–H groups in total. The normalized spacial score (nSPS) is 11.6. The van der Waals surface area contributed by atoms with Crippen LogP contribution < -0.4 is 16.4 Å². The van der Waals surface area contributed by atoms with E-state index in [9.17, 15) is 22.4 Å². The number of anilines is 2. The van der Waals surface area contributed by atoms with E-state index in [1.807, 2.05) is 6.92 Å². The fraction of sp³-hybridized carbons (Fsp3) is 0.269. The number of halogens is 4. The number of ether oxygens (including phenoxy) is 1. The Hall–Kier alpha value is -4.03. The summed E-state index contributed by atoms with van der Waals surface area (Å²) in [7, 11) is 0. The molecule has 4 aromatic rings. The van der Waals surface area contributed by atoms with Crippen LogP contribution in [-0.2, 0) is 17.3 Å². The standard InChI is InChI=1S/C26H26F4N6O2/c1-2-16-14-17(6-7-18(16)25(37)33-10-13-38-12-8-31)35-23-24-34-15-21(36(24)11-9-32-23)19-4-3-5-20(27)22(19)26(28,29)30/h3-7,9,11,14-15H,2,8,10,12-13,31H2,1H3,(H,32,35)(H,33,37). The van der Waals surface area contributed by atoms with Gasteiger partial charge < -0.3 is 21.1 Å². The van der Waals surface area contributed by atoms with Gasteiger partial charge in [-0.05, 0) is 36.2 Å². The summed E-state index contributed by atoms with van der Waals surface area (Å²) >= 11 is 0. The maximum atomic E-state index is 14.2. The van der Waals surface area contributed by atoms with E-state index in [0.717, 1.165) is 11.6 Å². The summed E-state index contributed by atoms with van der Waals surface area (Å²) in [5.41, 5.74) is 5.89. The number of hydrogen-bond acceptors (Lipinski definition) is 6. The Balaban J connectivity index is 1.60. The van der Waals surface area contributed by atoms with Crippen LogP contribution >= 0.6 is 0 Å². The van der Waals surface area contributed by atoms with Crippen LogP contribution in [0.3, 0.4) is 0 Å². The number of rotatable bonds is 10. The van der Waals surface area contributed by atoms with Crippen LogP contribution in [-0.4, -0.2) is 46.6 Å². The van der Waals surface area contributed by atoms with Gasteiger partial charge in [-0.3, -0.25) is 9.20 Å². The third-order valence-corrected chi connectivity index (χ3v) is 5.79. The summed E-state index contributed by atoms with van der Waals surface area (Å²) in [5.74, 6) is -1.32.